The number of likely N-dealkylation sites (N-methyl/N-ethyl adjacent to an activating group) is 1. The van der Waals surface area contributed by atoms with Crippen LogP contribution in [0.5, 0.6) is 0 Å². The second kappa shape index (κ2) is 6.49. The van der Waals surface area contributed by atoms with Crippen LogP contribution in [0.3, 0.4) is 0 Å². The van der Waals surface area contributed by atoms with Crippen molar-refractivity contribution < 1.29 is 4.39 Å². The van der Waals surface area contributed by atoms with Crippen molar-refractivity contribution in [2.75, 3.05) is 13.1 Å². The van der Waals surface area contributed by atoms with Gasteiger partial charge < -0.3 is 5.73 Å². The maximum absolute atomic E-state index is 14.1. The van der Waals surface area contributed by atoms with Crippen molar-refractivity contribution in [3.8, 4) is 0 Å². The van der Waals surface area contributed by atoms with Crippen molar-refractivity contribution >= 4 is 0 Å². The number of nitrogens with zero attached hydrogens (tertiary/aromatic N) is 1. The summed E-state index contributed by atoms with van der Waals surface area (Å²) in [5.74, 6) is -0.204. The van der Waals surface area contributed by atoms with Gasteiger partial charge in [0.15, 0.2) is 0 Å². The number of hydrogen-bond donors (Lipinski definition) is 1. The fourth-order valence-corrected chi connectivity index (χ4v) is 2.82. The lowest BCUT2D eigenvalue weighted by Crippen LogP contribution is -2.53. The van der Waals surface area contributed by atoms with Crippen molar-refractivity contribution in [3.05, 3.63) is 35.1 Å². The number of rotatable bonds is 6. The second-order valence-electron chi connectivity index (χ2n) is 5.39. The smallest absolute Gasteiger partial charge is 0.128 e. The van der Waals surface area contributed by atoms with Crippen LogP contribution in [-0.4, -0.2) is 23.5 Å². The van der Waals surface area contributed by atoms with E-state index in [9.17, 15) is 4.39 Å². The van der Waals surface area contributed by atoms with E-state index in [2.05, 4.69) is 32.6 Å². The van der Waals surface area contributed by atoms with Crippen LogP contribution in [0.1, 0.15) is 51.3 Å². The molecule has 0 heterocycles. The van der Waals surface area contributed by atoms with E-state index in [1.54, 1.807) is 6.07 Å². The molecule has 0 saturated heterocycles. The summed E-state index contributed by atoms with van der Waals surface area (Å²) < 4.78 is 14.1. The van der Waals surface area contributed by atoms with Crippen LogP contribution in [0.4, 0.5) is 4.39 Å². The van der Waals surface area contributed by atoms with Crippen molar-refractivity contribution in [1.82, 2.24) is 4.90 Å². The number of aryl methyl sites for hydroxylation is 1. The van der Waals surface area contributed by atoms with Gasteiger partial charge in [0.05, 0.1) is 6.04 Å². The van der Waals surface area contributed by atoms with Crippen molar-refractivity contribution in [2.24, 2.45) is 5.73 Å². The highest BCUT2D eigenvalue weighted by Gasteiger charge is 2.36. The van der Waals surface area contributed by atoms with Crippen molar-refractivity contribution in [3.63, 3.8) is 0 Å². The molecule has 2 unspecified atom stereocenters. The van der Waals surface area contributed by atoms with Crippen LogP contribution in [0.25, 0.3) is 0 Å². The highest BCUT2D eigenvalue weighted by Crippen LogP contribution is 2.33. The van der Waals surface area contributed by atoms with E-state index in [0.29, 0.717) is 5.56 Å². The Labute approximate surface area is 116 Å². The maximum Gasteiger partial charge on any atom is 0.128 e. The fraction of sp³-hybridized carbons (Fsp3) is 0.625. The average Bonchev–Trinajstić information content (AvgIpc) is 2.41. The Morgan fingerprint density at radius 3 is 2.32 bits per heavy atom. The molecule has 0 bridgehead atoms. The normalized spacial score (nSPS) is 16.4. The predicted molar refractivity (Wildman–Crippen MR) is 79.7 cm³/mol. The number of halogens is 1. The first-order valence-corrected chi connectivity index (χ1v) is 7.17. The van der Waals surface area contributed by atoms with E-state index in [0.717, 1.165) is 25.1 Å². The Morgan fingerprint density at radius 1 is 1.26 bits per heavy atom. The summed E-state index contributed by atoms with van der Waals surface area (Å²) in [6.45, 7) is 12.3. The molecule has 0 saturated carbocycles. The fourth-order valence-electron chi connectivity index (χ4n) is 2.82. The van der Waals surface area contributed by atoms with Gasteiger partial charge in [-0.3, -0.25) is 4.90 Å². The Hall–Kier alpha value is -0.930. The van der Waals surface area contributed by atoms with Crippen LogP contribution in [0.2, 0.25) is 0 Å². The van der Waals surface area contributed by atoms with Gasteiger partial charge >= 0.3 is 0 Å². The minimum Gasteiger partial charge on any atom is -0.322 e. The molecule has 3 heteroatoms. The van der Waals surface area contributed by atoms with E-state index in [1.807, 2.05) is 13.0 Å². The topological polar surface area (TPSA) is 29.3 Å². The van der Waals surface area contributed by atoms with Gasteiger partial charge in [-0.15, -0.1) is 0 Å². The molecule has 2 N–H and O–H groups in total. The third-order valence-corrected chi connectivity index (χ3v) is 4.36. The SMILES string of the molecule is CCN(CC)C(C)(CC)C(N)c1cc(C)ccc1F. The zero-order chi connectivity index (χ0) is 14.6. The van der Waals surface area contributed by atoms with Crippen LogP contribution in [-0.2, 0) is 0 Å². The molecule has 0 spiro atoms. The highest BCUT2D eigenvalue weighted by molar-refractivity contribution is 5.29. The molecule has 0 aliphatic carbocycles. The van der Waals surface area contributed by atoms with E-state index >= 15 is 0 Å². The van der Waals surface area contributed by atoms with Crippen LogP contribution < -0.4 is 5.73 Å². The summed E-state index contributed by atoms with van der Waals surface area (Å²) in [6, 6.07) is 4.85. The summed E-state index contributed by atoms with van der Waals surface area (Å²) in [4.78, 5) is 2.32. The van der Waals surface area contributed by atoms with E-state index in [-0.39, 0.29) is 17.4 Å². The molecular formula is C16H27FN2. The van der Waals surface area contributed by atoms with Gasteiger partial charge in [-0.1, -0.05) is 38.5 Å². The monoisotopic (exact) mass is 266 g/mol. The molecule has 1 aromatic rings. The third kappa shape index (κ3) is 3.15. The first kappa shape index (κ1) is 16.1. The molecule has 0 aromatic heterocycles. The van der Waals surface area contributed by atoms with Gasteiger partial charge in [0, 0.05) is 11.1 Å². The Bertz CT molecular complexity index is 415. The molecule has 0 amide bonds. The number of nitrogens with two attached hydrogens (primary N) is 1. The summed E-state index contributed by atoms with van der Waals surface area (Å²) in [6.07, 6.45) is 0.892. The molecule has 0 aliphatic rings. The molecule has 0 radical (unpaired) electrons. The van der Waals surface area contributed by atoms with E-state index in [4.69, 9.17) is 5.73 Å². The first-order chi connectivity index (χ1) is 8.90. The van der Waals surface area contributed by atoms with E-state index < -0.39 is 0 Å². The molecule has 19 heavy (non-hydrogen) atoms. The lowest BCUT2D eigenvalue weighted by Gasteiger charge is -2.44. The van der Waals surface area contributed by atoms with E-state index in [1.165, 1.54) is 6.07 Å². The van der Waals surface area contributed by atoms with Gasteiger partial charge in [-0.05, 0) is 39.4 Å². The number of benzene rings is 1. The summed E-state index contributed by atoms with van der Waals surface area (Å²) in [5, 5.41) is 0. The van der Waals surface area contributed by atoms with Gasteiger partial charge in [0.25, 0.3) is 0 Å². The van der Waals surface area contributed by atoms with Gasteiger partial charge in [0.1, 0.15) is 5.82 Å². The van der Waals surface area contributed by atoms with Crippen molar-refractivity contribution in [2.45, 2.75) is 52.6 Å². The molecular weight excluding hydrogens is 239 g/mol. The maximum atomic E-state index is 14.1. The third-order valence-electron chi connectivity index (χ3n) is 4.36. The minimum atomic E-state index is -0.322. The first-order valence-electron chi connectivity index (χ1n) is 7.17. The molecule has 1 rings (SSSR count). The Morgan fingerprint density at radius 2 is 1.84 bits per heavy atom. The molecule has 1 aromatic carbocycles. The van der Waals surface area contributed by atoms with Gasteiger partial charge in [-0.2, -0.15) is 0 Å². The standard InChI is InChI=1S/C16H27FN2/c1-6-16(5,19(7-2)8-3)15(18)13-11-12(4)9-10-14(13)17/h9-11,15H,6-8,18H2,1-5H3. The quantitative estimate of drug-likeness (QED) is 0.851. The van der Waals surface area contributed by atoms with Gasteiger partial charge in [0.2, 0.25) is 0 Å². The zero-order valence-electron chi connectivity index (χ0n) is 12.8. The van der Waals surface area contributed by atoms with Gasteiger partial charge in [-0.25, -0.2) is 4.39 Å². The van der Waals surface area contributed by atoms with Crippen LogP contribution in [0.15, 0.2) is 18.2 Å². The summed E-state index contributed by atoms with van der Waals surface area (Å²) >= 11 is 0. The summed E-state index contributed by atoms with van der Waals surface area (Å²) in [5.41, 5.74) is 7.87. The predicted octanol–water partition coefficient (Wildman–Crippen LogP) is 3.64. The summed E-state index contributed by atoms with van der Waals surface area (Å²) in [7, 11) is 0. The van der Waals surface area contributed by atoms with Crippen molar-refractivity contribution in [1.29, 1.82) is 0 Å². The molecule has 0 fully saturated rings. The van der Waals surface area contributed by atoms with Crippen LogP contribution in [0, 0.1) is 12.7 Å². The second-order valence-corrected chi connectivity index (χ2v) is 5.39. The number of hydrogen-bond acceptors (Lipinski definition) is 2. The molecule has 0 aliphatic heterocycles. The molecule has 2 atom stereocenters. The molecule has 2 nitrogen and oxygen atoms in total. The van der Waals surface area contributed by atoms with Crippen LogP contribution >= 0.6 is 0 Å². The Kier molecular flexibility index (Phi) is 5.50. The average molecular weight is 266 g/mol. The highest BCUT2D eigenvalue weighted by atomic mass is 19.1. The largest absolute Gasteiger partial charge is 0.322 e. The lowest BCUT2D eigenvalue weighted by molar-refractivity contribution is 0.0832. The Balaban J connectivity index is 3.20. The minimum absolute atomic E-state index is 0.204. The molecule has 108 valence electrons. The zero-order valence-corrected chi connectivity index (χ0v) is 12.8. The lowest BCUT2D eigenvalue weighted by atomic mass is 9.83.